The van der Waals surface area contributed by atoms with Crippen LogP contribution in [0.5, 0.6) is 0 Å². The summed E-state index contributed by atoms with van der Waals surface area (Å²) >= 11 is 3.02. The van der Waals surface area contributed by atoms with Crippen molar-refractivity contribution in [2.45, 2.75) is 13.0 Å². The second kappa shape index (κ2) is 4.76. The highest BCUT2D eigenvalue weighted by Crippen LogP contribution is 1.90. The van der Waals surface area contributed by atoms with Crippen molar-refractivity contribution in [3.05, 3.63) is 0 Å². The zero-order valence-electron chi connectivity index (χ0n) is 5.13. The Labute approximate surface area is 62.1 Å². The van der Waals surface area contributed by atoms with Crippen LogP contribution in [0.1, 0.15) is 6.92 Å². The van der Waals surface area contributed by atoms with Crippen molar-refractivity contribution in [3.8, 4) is 0 Å². The lowest BCUT2D eigenvalue weighted by molar-refractivity contribution is -0.143. The molecular weight excluding hydrogens is 188 g/mol. The molecule has 1 N–H and O–H groups in total. The van der Waals surface area contributed by atoms with Gasteiger partial charge in [-0.3, -0.25) is 4.79 Å². The zero-order valence-corrected chi connectivity index (χ0v) is 6.72. The van der Waals surface area contributed by atoms with Crippen LogP contribution in [0.25, 0.3) is 0 Å². The fraction of sp³-hybridized carbons (Fsp3) is 0.800. The van der Waals surface area contributed by atoms with Gasteiger partial charge in [0, 0.05) is 12.3 Å². The van der Waals surface area contributed by atoms with Gasteiger partial charge in [0.2, 0.25) is 0 Å². The van der Waals surface area contributed by atoms with Crippen LogP contribution < -0.4 is 0 Å². The normalized spacial score (nSPS) is 12.8. The topological polar surface area (TPSA) is 46.5 Å². The number of rotatable bonds is 3. The van der Waals surface area contributed by atoms with Crippen LogP contribution in [0, 0.1) is 0 Å². The molecule has 1 atom stereocenters. The standard InChI is InChI=1S/C5H9BrO3/c1-4(7)9-3-5(8)2-6/h5,8H,2-3H2,1H3. The first kappa shape index (κ1) is 8.91. The lowest BCUT2D eigenvalue weighted by atomic mass is 10.4. The van der Waals surface area contributed by atoms with Crippen molar-refractivity contribution in [1.82, 2.24) is 0 Å². The van der Waals surface area contributed by atoms with Crippen molar-refractivity contribution >= 4 is 21.9 Å². The molecule has 9 heavy (non-hydrogen) atoms. The Kier molecular flexibility index (Phi) is 4.71. The minimum Gasteiger partial charge on any atom is -0.463 e. The third-order valence-corrected chi connectivity index (χ3v) is 1.40. The van der Waals surface area contributed by atoms with Crippen molar-refractivity contribution < 1.29 is 14.6 Å². The van der Waals surface area contributed by atoms with Crippen LogP contribution in [-0.2, 0) is 9.53 Å². The highest BCUT2D eigenvalue weighted by atomic mass is 79.9. The van der Waals surface area contributed by atoms with Gasteiger partial charge in [-0.2, -0.15) is 0 Å². The molecule has 0 aliphatic carbocycles. The summed E-state index contributed by atoms with van der Waals surface area (Å²) < 4.78 is 4.48. The van der Waals surface area contributed by atoms with Gasteiger partial charge >= 0.3 is 5.97 Å². The maximum absolute atomic E-state index is 10.1. The summed E-state index contributed by atoms with van der Waals surface area (Å²) in [6.07, 6.45) is -0.589. The van der Waals surface area contributed by atoms with Gasteiger partial charge in [0.25, 0.3) is 0 Å². The van der Waals surface area contributed by atoms with Crippen LogP contribution in [0.3, 0.4) is 0 Å². The Balaban J connectivity index is 3.16. The Hall–Kier alpha value is -0.0900. The average molecular weight is 197 g/mol. The molecule has 0 amide bonds. The summed E-state index contributed by atoms with van der Waals surface area (Å²) in [5, 5.41) is 9.21. The smallest absolute Gasteiger partial charge is 0.302 e. The monoisotopic (exact) mass is 196 g/mol. The molecule has 4 heteroatoms. The van der Waals surface area contributed by atoms with Gasteiger partial charge in [0.05, 0.1) is 6.10 Å². The van der Waals surface area contributed by atoms with E-state index in [2.05, 4.69) is 20.7 Å². The molecule has 0 aliphatic heterocycles. The third kappa shape index (κ3) is 5.79. The first-order valence-corrected chi connectivity index (χ1v) is 3.66. The predicted molar refractivity (Wildman–Crippen MR) is 36.4 cm³/mol. The Morgan fingerprint density at radius 1 is 1.89 bits per heavy atom. The van der Waals surface area contributed by atoms with Gasteiger partial charge in [-0.15, -0.1) is 0 Å². The number of aliphatic hydroxyl groups excluding tert-OH is 1. The third-order valence-electron chi connectivity index (χ3n) is 0.657. The lowest BCUT2D eigenvalue weighted by Gasteiger charge is -2.04. The molecule has 0 saturated carbocycles. The summed E-state index contributed by atoms with van der Waals surface area (Å²) in [6, 6.07) is 0. The number of carbonyl (C=O) groups excluding carboxylic acids is 1. The summed E-state index contributed by atoms with van der Waals surface area (Å²) in [6.45, 7) is 1.38. The molecule has 0 rings (SSSR count). The quantitative estimate of drug-likeness (QED) is 0.523. The van der Waals surface area contributed by atoms with Crippen LogP contribution in [0.2, 0.25) is 0 Å². The number of halogens is 1. The molecular formula is C5H9BrO3. The van der Waals surface area contributed by atoms with E-state index in [1.807, 2.05) is 0 Å². The minimum atomic E-state index is -0.589. The van der Waals surface area contributed by atoms with Crippen molar-refractivity contribution in [1.29, 1.82) is 0 Å². The number of alkyl halides is 1. The average Bonchev–Trinajstić information content (AvgIpc) is 1.83. The van der Waals surface area contributed by atoms with Crippen LogP contribution in [-0.4, -0.2) is 29.1 Å². The SMILES string of the molecule is CC(=O)OCC(O)CBr. The van der Waals surface area contributed by atoms with E-state index >= 15 is 0 Å². The fourth-order valence-electron chi connectivity index (χ4n) is 0.258. The van der Waals surface area contributed by atoms with Gasteiger partial charge in [0.15, 0.2) is 0 Å². The molecule has 1 unspecified atom stereocenters. The van der Waals surface area contributed by atoms with Crippen molar-refractivity contribution in [3.63, 3.8) is 0 Å². The molecule has 0 aromatic rings. The summed E-state index contributed by atoms with van der Waals surface area (Å²) in [5.74, 6) is -0.366. The number of hydrogen-bond donors (Lipinski definition) is 1. The summed E-state index contributed by atoms with van der Waals surface area (Å²) in [5.41, 5.74) is 0. The Bertz CT molecular complexity index is 94.2. The number of ether oxygens (including phenoxy) is 1. The largest absolute Gasteiger partial charge is 0.463 e. The van der Waals surface area contributed by atoms with E-state index in [0.29, 0.717) is 5.33 Å². The molecule has 0 spiro atoms. The molecule has 0 fully saturated rings. The van der Waals surface area contributed by atoms with Crippen molar-refractivity contribution in [2.75, 3.05) is 11.9 Å². The Morgan fingerprint density at radius 2 is 2.44 bits per heavy atom. The first-order valence-electron chi connectivity index (χ1n) is 2.54. The maximum Gasteiger partial charge on any atom is 0.302 e. The van der Waals surface area contributed by atoms with Crippen LogP contribution in [0.15, 0.2) is 0 Å². The van der Waals surface area contributed by atoms with E-state index in [1.165, 1.54) is 6.92 Å². The maximum atomic E-state index is 10.1. The minimum absolute atomic E-state index is 0.0700. The summed E-state index contributed by atoms with van der Waals surface area (Å²) in [4.78, 5) is 10.1. The van der Waals surface area contributed by atoms with Gasteiger partial charge < -0.3 is 9.84 Å². The molecule has 0 radical (unpaired) electrons. The first-order chi connectivity index (χ1) is 4.16. The number of hydrogen-bond acceptors (Lipinski definition) is 3. The van der Waals surface area contributed by atoms with Crippen LogP contribution >= 0.6 is 15.9 Å². The van der Waals surface area contributed by atoms with Gasteiger partial charge in [-0.1, -0.05) is 15.9 Å². The van der Waals surface area contributed by atoms with Gasteiger partial charge in [-0.05, 0) is 0 Å². The predicted octanol–water partition coefficient (Wildman–Crippen LogP) is 0.305. The van der Waals surface area contributed by atoms with Gasteiger partial charge in [-0.25, -0.2) is 0 Å². The second-order valence-corrected chi connectivity index (χ2v) is 2.26. The molecule has 3 nitrogen and oxygen atoms in total. The molecule has 0 heterocycles. The van der Waals surface area contributed by atoms with E-state index < -0.39 is 6.10 Å². The van der Waals surface area contributed by atoms with Gasteiger partial charge in [0.1, 0.15) is 6.61 Å². The van der Waals surface area contributed by atoms with Crippen LogP contribution in [0.4, 0.5) is 0 Å². The molecule has 0 bridgehead atoms. The molecule has 0 aromatic heterocycles. The number of carbonyl (C=O) groups is 1. The molecule has 54 valence electrons. The molecule has 0 saturated heterocycles. The lowest BCUT2D eigenvalue weighted by Crippen LogP contribution is -2.18. The van der Waals surface area contributed by atoms with Crippen molar-refractivity contribution in [2.24, 2.45) is 0 Å². The highest BCUT2D eigenvalue weighted by Gasteiger charge is 2.01. The second-order valence-electron chi connectivity index (χ2n) is 1.61. The van der Waals surface area contributed by atoms with E-state index in [1.54, 1.807) is 0 Å². The molecule has 0 aliphatic rings. The zero-order chi connectivity index (χ0) is 7.28. The summed E-state index contributed by atoms with van der Waals surface area (Å²) in [7, 11) is 0. The number of esters is 1. The number of aliphatic hydroxyl groups is 1. The van der Waals surface area contributed by atoms with E-state index in [0.717, 1.165) is 0 Å². The molecule has 0 aromatic carbocycles. The van der Waals surface area contributed by atoms with E-state index in [4.69, 9.17) is 5.11 Å². The van der Waals surface area contributed by atoms with E-state index in [-0.39, 0.29) is 12.6 Å². The van der Waals surface area contributed by atoms with E-state index in [9.17, 15) is 4.79 Å². The fourth-order valence-corrected chi connectivity index (χ4v) is 0.445. The highest BCUT2D eigenvalue weighted by molar-refractivity contribution is 9.09. The Morgan fingerprint density at radius 3 is 2.78 bits per heavy atom.